The summed E-state index contributed by atoms with van der Waals surface area (Å²) in [5.74, 6) is -0.814. The first-order chi connectivity index (χ1) is 5.93. The smallest absolute Gasteiger partial charge is 0.277 e. The molecule has 0 rings (SSSR count). The first-order valence-electron chi connectivity index (χ1n) is 3.53. The molecule has 2 amide bonds. The SMILES string of the molecule is CC(=O)N(C)CC(=O)NC[N+](=O)[O-]. The normalized spacial score (nSPS) is 9.08. The second kappa shape index (κ2) is 5.07. The maximum atomic E-state index is 10.9. The Bertz CT molecular complexity index is 228. The van der Waals surface area contributed by atoms with Crippen molar-refractivity contribution >= 4 is 11.8 Å². The van der Waals surface area contributed by atoms with Crippen LogP contribution in [0.1, 0.15) is 6.92 Å². The fraction of sp³-hybridized carbons (Fsp3) is 0.667. The standard InChI is InChI=1S/C6H11N3O4/c1-5(10)8(2)3-6(11)7-4-9(12)13/h3-4H2,1-2H3,(H,7,11). The number of likely N-dealkylation sites (N-methyl/N-ethyl adjacent to an activating group) is 1. The fourth-order valence-electron chi connectivity index (χ4n) is 0.535. The highest BCUT2D eigenvalue weighted by Crippen LogP contribution is 1.82. The Balaban J connectivity index is 3.74. The molecule has 0 heterocycles. The summed E-state index contributed by atoms with van der Waals surface area (Å²) in [6.45, 7) is 0.522. The van der Waals surface area contributed by atoms with Gasteiger partial charge >= 0.3 is 0 Å². The van der Waals surface area contributed by atoms with Crippen molar-refractivity contribution in [3.05, 3.63) is 10.1 Å². The Morgan fingerprint density at radius 1 is 1.54 bits per heavy atom. The molecule has 0 saturated carbocycles. The second-order valence-corrected chi connectivity index (χ2v) is 2.47. The number of nitrogens with zero attached hydrogens (tertiary/aromatic N) is 2. The van der Waals surface area contributed by atoms with E-state index in [0.717, 1.165) is 4.90 Å². The topological polar surface area (TPSA) is 92.6 Å². The predicted octanol–water partition coefficient (Wildman–Crippen LogP) is -1.18. The van der Waals surface area contributed by atoms with Gasteiger partial charge in [0.15, 0.2) is 0 Å². The molecule has 0 fully saturated rings. The number of nitrogens with one attached hydrogen (secondary N) is 1. The Morgan fingerprint density at radius 2 is 2.08 bits per heavy atom. The van der Waals surface area contributed by atoms with Gasteiger partial charge in [-0.15, -0.1) is 0 Å². The van der Waals surface area contributed by atoms with E-state index in [1.807, 2.05) is 5.32 Å². The van der Waals surface area contributed by atoms with Crippen LogP contribution in [0.3, 0.4) is 0 Å². The van der Waals surface area contributed by atoms with Gasteiger partial charge in [0.05, 0.1) is 6.54 Å². The lowest BCUT2D eigenvalue weighted by atomic mass is 10.5. The third-order valence-electron chi connectivity index (χ3n) is 1.32. The maximum Gasteiger partial charge on any atom is 0.277 e. The average Bonchev–Trinajstić information content (AvgIpc) is 2.00. The van der Waals surface area contributed by atoms with Gasteiger partial charge in [-0.2, -0.15) is 0 Å². The van der Waals surface area contributed by atoms with Crippen LogP contribution < -0.4 is 5.32 Å². The minimum atomic E-state index is -0.661. The lowest BCUT2D eigenvalue weighted by Gasteiger charge is -2.12. The van der Waals surface area contributed by atoms with Crippen molar-refractivity contribution in [3.8, 4) is 0 Å². The van der Waals surface area contributed by atoms with Gasteiger partial charge in [0.1, 0.15) is 0 Å². The highest BCUT2D eigenvalue weighted by molar-refractivity contribution is 5.83. The van der Waals surface area contributed by atoms with Gasteiger partial charge in [0, 0.05) is 18.9 Å². The molecule has 7 nitrogen and oxygen atoms in total. The fourth-order valence-corrected chi connectivity index (χ4v) is 0.535. The third kappa shape index (κ3) is 5.59. The van der Waals surface area contributed by atoms with Crippen LogP contribution in [0.2, 0.25) is 0 Å². The molecule has 0 atom stereocenters. The van der Waals surface area contributed by atoms with E-state index in [4.69, 9.17) is 0 Å². The first-order valence-corrected chi connectivity index (χ1v) is 3.53. The molecule has 7 heteroatoms. The van der Waals surface area contributed by atoms with Crippen molar-refractivity contribution in [1.82, 2.24) is 10.2 Å². The molecule has 0 aromatic rings. The van der Waals surface area contributed by atoms with Crippen molar-refractivity contribution in [1.29, 1.82) is 0 Å². The van der Waals surface area contributed by atoms with E-state index in [1.165, 1.54) is 14.0 Å². The van der Waals surface area contributed by atoms with Crippen molar-refractivity contribution in [2.45, 2.75) is 6.92 Å². The highest BCUT2D eigenvalue weighted by atomic mass is 16.6. The van der Waals surface area contributed by atoms with E-state index in [2.05, 4.69) is 0 Å². The van der Waals surface area contributed by atoms with Crippen LogP contribution in [0.5, 0.6) is 0 Å². The first kappa shape index (κ1) is 11.3. The van der Waals surface area contributed by atoms with Crippen LogP contribution >= 0.6 is 0 Å². The Kier molecular flexibility index (Phi) is 4.42. The van der Waals surface area contributed by atoms with Crippen molar-refractivity contribution in [3.63, 3.8) is 0 Å². The van der Waals surface area contributed by atoms with Crippen LogP contribution in [0, 0.1) is 10.1 Å². The molecule has 0 bridgehead atoms. The molecular formula is C6H11N3O4. The van der Waals surface area contributed by atoms with E-state index in [-0.39, 0.29) is 12.5 Å². The lowest BCUT2D eigenvalue weighted by molar-refractivity contribution is -0.483. The molecule has 0 aliphatic rings. The van der Waals surface area contributed by atoms with Crippen LogP contribution in [0.4, 0.5) is 0 Å². The largest absolute Gasteiger partial charge is 0.337 e. The van der Waals surface area contributed by atoms with E-state index in [1.54, 1.807) is 0 Å². The predicted molar refractivity (Wildman–Crippen MR) is 43.3 cm³/mol. The molecule has 0 aromatic carbocycles. The summed E-state index contributed by atoms with van der Waals surface area (Å²) in [7, 11) is 1.44. The molecule has 0 aromatic heterocycles. The minimum absolute atomic E-state index is 0.164. The van der Waals surface area contributed by atoms with Gasteiger partial charge < -0.3 is 4.90 Å². The van der Waals surface area contributed by atoms with E-state index in [0.29, 0.717) is 0 Å². The zero-order valence-corrected chi connectivity index (χ0v) is 7.44. The lowest BCUT2D eigenvalue weighted by Crippen LogP contribution is -2.39. The van der Waals surface area contributed by atoms with Gasteiger partial charge in [-0.1, -0.05) is 0 Å². The van der Waals surface area contributed by atoms with Gasteiger partial charge in [-0.25, -0.2) is 0 Å². The minimum Gasteiger partial charge on any atom is -0.337 e. The zero-order chi connectivity index (χ0) is 10.4. The van der Waals surface area contributed by atoms with Crippen molar-refractivity contribution in [2.75, 3.05) is 20.3 Å². The molecule has 0 unspecified atom stereocenters. The number of carbonyl (C=O) groups is 2. The maximum absolute atomic E-state index is 10.9. The van der Waals surface area contributed by atoms with Crippen LogP contribution in [0.25, 0.3) is 0 Å². The molecule has 0 saturated heterocycles. The number of hydrogen-bond acceptors (Lipinski definition) is 4. The number of hydrogen-bond donors (Lipinski definition) is 1. The average molecular weight is 189 g/mol. The molecule has 13 heavy (non-hydrogen) atoms. The van der Waals surface area contributed by atoms with E-state index >= 15 is 0 Å². The summed E-state index contributed by atoms with van der Waals surface area (Å²) >= 11 is 0. The van der Waals surface area contributed by atoms with Crippen molar-refractivity contribution in [2.24, 2.45) is 0 Å². The van der Waals surface area contributed by atoms with Gasteiger partial charge in [-0.05, 0) is 0 Å². The highest BCUT2D eigenvalue weighted by Gasteiger charge is 2.09. The summed E-state index contributed by atoms with van der Waals surface area (Å²) in [5, 5.41) is 11.9. The number of nitro groups is 1. The summed E-state index contributed by atoms with van der Waals surface area (Å²) in [6, 6.07) is 0. The third-order valence-corrected chi connectivity index (χ3v) is 1.32. The second-order valence-electron chi connectivity index (χ2n) is 2.47. The molecule has 0 aliphatic heterocycles. The Labute approximate surface area is 74.8 Å². The summed E-state index contributed by atoms with van der Waals surface area (Å²) in [5.41, 5.74) is 0. The van der Waals surface area contributed by atoms with Crippen LogP contribution in [0.15, 0.2) is 0 Å². The number of amides is 2. The molecule has 74 valence electrons. The Morgan fingerprint density at radius 3 is 2.46 bits per heavy atom. The van der Waals surface area contributed by atoms with Gasteiger partial charge in [0.2, 0.25) is 11.8 Å². The summed E-state index contributed by atoms with van der Waals surface area (Å²) in [4.78, 5) is 31.8. The van der Waals surface area contributed by atoms with Gasteiger partial charge in [-0.3, -0.25) is 25.0 Å². The molecule has 0 spiro atoms. The summed E-state index contributed by atoms with van der Waals surface area (Å²) in [6.07, 6.45) is 0. The van der Waals surface area contributed by atoms with E-state index < -0.39 is 17.5 Å². The number of rotatable bonds is 4. The molecule has 0 aliphatic carbocycles. The molecular weight excluding hydrogens is 178 g/mol. The summed E-state index contributed by atoms with van der Waals surface area (Å²) < 4.78 is 0. The monoisotopic (exact) mass is 189 g/mol. The van der Waals surface area contributed by atoms with E-state index in [9.17, 15) is 19.7 Å². The van der Waals surface area contributed by atoms with Crippen molar-refractivity contribution < 1.29 is 14.5 Å². The molecule has 1 N–H and O–H groups in total. The van der Waals surface area contributed by atoms with Crippen LogP contribution in [-0.2, 0) is 9.59 Å². The van der Waals surface area contributed by atoms with Crippen LogP contribution in [-0.4, -0.2) is 41.9 Å². The Hall–Kier alpha value is -1.66. The number of carbonyl (C=O) groups excluding carboxylic acids is 2. The zero-order valence-electron chi connectivity index (χ0n) is 7.44. The van der Waals surface area contributed by atoms with Gasteiger partial charge in [0.25, 0.3) is 6.67 Å². The molecule has 0 radical (unpaired) electrons. The quantitative estimate of drug-likeness (QED) is 0.342.